The number of rotatable bonds is 9. The number of benzene rings is 1. The van der Waals surface area contributed by atoms with Gasteiger partial charge in [0.05, 0.1) is 18.8 Å². The summed E-state index contributed by atoms with van der Waals surface area (Å²) in [6.45, 7) is 14.6. The van der Waals surface area contributed by atoms with Crippen LogP contribution in [0, 0.1) is 12.3 Å². The highest BCUT2D eigenvalue weighted by atomic mass is 16.5. The summed E-state index contributed by atoms with van der Waals surface area (Å²) in [6.07, 6.45) is 1.68. The number of hydrogen-bond acceptors (Lipinski definition) is 6. The number of ether oxygens (including phenoxy) is 1. The van der Waals surface area contributed by atoms with Crippen molar-refractivity contribution in [1.82, 2.24) is 14.8 Å². The highest BCUT2D eigenvalue weighted by molar-refractivity contribution is 6.05. The van der Waals surface area contributed by atoms with Crippen LogP contribution in [-0.4, -0.2) is 57.6 Å². The first kappa shape index (κ1) is 28.2. The molecule has 0 aliphatic carbocycles. The average molecular weight is 509 g/mol. The average Bonchev–Trinajstić information content (AvgIpc) is 3.12. The number of aromatic hydroxyl groups is 1. The minimum absolute atomic E-state index is 0.0120. The van der Waals surface area contributed by atoms with Crippen LogP contribution >= 0.6 is 0 Å². The molecule has 1 amide bonds. The van der Waals surface area contributed by atoms with Crippen molar-refractivity contribution in [2.24, 2.45) is 0 Å². The number of fused-ring (bicyclic) bond motifs is 1. The van der Waals surface area contributed by atoms with Gasteiger partial charge in [-0.3, -0.25) is 15.0 Å². The molecule has 0 saturated carbocycles. The van der Waals surface area contributed by atoms with Gasteiger partial charge in [0.1, 0.15) is 23.0 Å². The predicted octanol–water partition coefficient (Wildman–Crippen LogP) is 4.75. The SMILES string of the molecule is CCCc1nc2c(c(C)c1OCC)CN(CC(=O)c1cc(CN(C)C(C)=O)c(O)c(C(C)(C)C)c1)C2=N. The smallest absolute Gasteiger partial charge is 0.219 e. The quantitative estimate of drug-likeness (QED) is 0.474. The second kappa shape index (κ2) is 10.9. The van der Waals surface area contributed by atoms with Crippen LogP contribution in [0.3, 0.4) is 0 Å². The van der Waals surface area contributed by atoms with Gasteiger partial charge in [0, 0.05) is 54.9 Å². The number of aromatic nitrogens is 1. The van der Waals surface area contributed by atoms with E-state index in [2.05, 4.69) is 6.92 Å². The Hall–Kier alpha value is -3.42. The zero-order valence-corrected chi connectivity index (χ0v) is 23.4. The number of hydrogen-bond donors (Lipinski definition) is 2. The number of carbonyl (C=O) groups is 2. The fraction of sp³-hybridized carbons (Fsp3) is 0.517. The maximum absolute atomic E-state index is 13.5. The van der Waals surface area contributed by atoms with Crippen molar-refractivity contribution in [3.8, 4) is 11.5 Å². The van der Waals surface area contributed by atoms with Crippen LogP contribution < -0.4 is 4.74 Å². The number of nitrogens with zero attached hydrogens (tertiary/aromatic N) is 3. The third-order valence-corrected chi connectivity index (χ3v) is 6.85. The molecule has 2 N–H and O–H groups in total. The Labute approximate surface area is 220 Å². The summed E-state index contributed by atoms with van der Waals surface area (Å²) in [4.78, 5) is 33.4. The van der Waals surface area contributed by atoms with E-state index in [0.717, 1.165) is 35.4 Å². The van der Waals surface area contributed by atoms with Gasteiger partial charge in [-0.15, -0.1) is 0 Å². The molecule has 8 heteroatoms. The van der Waals surface area contributed by atoms with Crippen LogP contribution in [-0.2, 0) is 29.7 Å². The van der Waals surface area contributed by atoms with Crippen molar-refractivity contribution in [1.29, 1.82) is 5.41 Å². The van der Waals surface area contributed by atoms with Crippen molar-refractivity contribution in [3.63, 3.8) is 0 Å². The lowest BCUT2D eigenvalue weighted by Gasteiger charge is -2.25. The molecule has 0 radical (unpaired) electrons. The monoisotopic (exact) mass is 508 g/mol. The number of phenolic OH excluding ortho intramolecular Hbond substituents is 1. The van der Waals surface area contributed by atoms with Crippen molar-refractivity contribution < 1.29 is 19.4 Å². The number of phenols is 1. The molecule has 2 aromatic rings. The molecule has 1 aliphatic rings. The zero-order chi connectivity index (χ0) is 27.7. The topological polar surface area (TPSA) is 107 Å². The van der Waals surface area contributed by atoms with E-state index in [4.69, 9.17) is 15.1 Å². The van der Waals surface area contributed by atoms with E-state index in [1.54, 1.807) is 24.1 Å². The molecule has 2 heterocycles. The van der Waals surface area contributed by atoms with Gasteiger partial charge in [-0.25, -0.2) is 4.98 Å². The molecule has 0 saturated heterocycles. The Morgan fingerprint density at radius 1 is 1.24 bits per heavy atom. The minimum atomic E-state index is -0.410. The Morgan fingerprint density at radius 3 is 2.49 bits per heavy atom. The highest BCUT2D eigenvalue weighted by Gasteiger charge is 2.32. The molecule has 3 rings (SSSR count). The van der Waals surface area contributed by atoms with Crippen LogP contribution in [0.1, 0.15) is 92.0 Å². The fourth-order valence-corrected chi connectivity index (χ4v) is 4.65. The normalized spacial score (nSPS) is 13.1. The number of nitrogens with one attached hydrogen (secondary N) is 1. The molecule has 37 heavy (non-hydrogen) atoms. The van der Waals surface area contributed by atoms with Gasteiger partial charge < -0.3 is 19.6 Å². The maximum Gasteiger partial charge on any atom is 0.219 e. The number of pyridine rings is 1. The summed E-state index contributed by atoms with van der Waals surface area (Å²) < 4.78 is 5.91. The van der Waals surface area contributed by atoms with Crippen LogP contribution in [0.25, 0.3) is 0 Å². The van der Waals surface area contributed by atoms with Crippen LogP contribution in [0.4, 0.5) is 0 Å². The Balaban J connectivity index is 1.95. The van der Waals surface area contributed by atoms with Crippen molar-refractivity contribution in [2.45, 2.75) is 79.8 Å². The largest absolute Gasteiger partial charge is 0.507 e. The summed E-state index contributed by atoms with van der Waals surface area (Å²) in [6, 6.07) is 3.40. The number of aryl methyl sites for hydroxylation is 1. The van der Waals surface area contributed by atoms with Crippen molar-refractivity contribution in [3.05, 3.63) is 51.3 Å². The summed E-state index contributed by atoms with van der Waals surface area (Å²) >= 11 is 0. The molecule has 1 aromatic heterocycles. The highest BCUT2D eigenvalue weighted by Crippen LogP contribution is 2.36. The number of amidine groups is 1. The van der Waals surface area contributed by atoms with E-state index in [1.807, 2.05) is 34.6 Å². The summed E-state index contributed by atoms with van der Waals surface area (Å²) in [7, 11) is 1.66. The van der Waals surface area contributed by atoms with Gasteiger partial charge in [0.2, 0.25) is 5.91 Å². The number of carbonyl (C=O) groups excluding carboxylic acids is 2. The molecule has 1 aliphatic heterocycles. The summed E-state index contributed by atoms with van der Waals surface area (Å²) in [5.74, 6) is 0.833. The van der Waals surface area contributed by atoms with E-state index in [-0.39, 0.29) is 36.4 Å². The second-order valence-corrected chi connectivity index (χ2v) is 10.8. The van der Waals surface area contributed by atoms with Crippen molar-refractivity contribution in [2.75, 3.05) is 20.2 Å². The maximum atomic E-state index is 13.5. The molecule has 8 nitrogen and oxygen atoms in total. The van der Waals surface area contributed by atoms with E-state index in [9.17, 15) is 14.7 Å². The van der Waals surface area contributed by atoms with Gasteiger partial charge in [-0.1, -0.05) is 34.1 Å². The molecule has 0 atom stereocenters. The van der Waals surface area contributed by atoms with E-state index in [0.29, 0.717) is 35.5 Å². The Morgan fingerprint density at radius 2 is 1.92 bits per heavy atom. The molecule has 0 unspecified atom stereocenters. The van der Waals surface area contributed by atoms with Gasteiger partial charge in [-0.2, -0.15) is 0 Å². The molecular weight excluding hydrogens is 468 g/mol. The van der Waals surface area contributed by atoms with Gasteiger partial charge >= 0.3 is 0 Å². The third kappa shape index (κ3) is 5.78. The number of ketones is 1. The molecule has 200 valence electrons. The molecule has 1 aromatic carbocycles. The zero-order valence-electron chi connectivity index (χ0n) is 23.4. The van der Waals surface area contributed by atoms with Crippen LogP contribution in [0.5, 0.6) is 11.5 Å². The van der Waals surface area contributed by atoms with E-state index >= 15 is 0 Å². The first-order valence-corrected chi connectivity index (χ1v) is 12.9. The standard InChI is InChI=1S/C29H40N4O4/c1-9-11-23-27(37-10-2)17(3)21-15-33(28(30)25(21)31-23)16-24(35)19-12-20(14-32(8)18(4)34)26(36)22(13-19)29(5,6)7/h12-13,30,36H,9-11,14-16H2,1-8H3. The number of amides is 1. The Bertz CT molecular complexity index is 1230. The number of Topliss-reactive ketones (excluding diaryl/α,β-unsaturated/α-hetero) is 1. The summed E-state index contributed by atoms with van der Waals surface area (Å²) in [5, 5.41) is 19.7. The predicted molar refractivity (Wildman–Crippen MR) is 145 cm³/mol. The lowest BCUT2D eigenvalue weighted by Crippen LogP contribution is -2.31. The van der Waals surface area contributed by atoms with Gasteiger partial charge in [-0.05, 0) is 37.8 Å². The Kier molecular flexibility index (Phi) is 8.30. The summed E-state index contributed by atoms with van der Waals surface area (Å²) in [5.41, 5.74) is 4.57. The molecule has 0 spiro atoms. The lowest BCUT2D eigenvalue weighted by molar-refractivity contribution is -0.128. The molecule has 0 fully saturated rings. The van der Waals surface area contributed by atoms with Crippen molar-refractivity contribution >= 4 is 17.5 Å². The lowest BCUT2D eigenvalue weighted by atomic mass is 9.83. The van der Waals surface area contributed by atoms with Gasteiger partial charge in [0.15, 0.2) is 5.78 Å². The second-order valence-electron chi connectivity index (χ2n) is 10.8. The van der Waals surface area contributed by atoms with E-state index in [1.165, 1.54) is 11.8 Å². The molecule has 0 bridgehead atoms. The van der Waals surface area contributed by atoms with Crippen LogP contribution in [0.15, 0.2) is 12.1 Å². The minimum Gasteiger partial charge on any atom is -0.507 e. The third-order valence-electron chi connectivity index (χ3n) is 6.85. The van der Waals surface area contributed by atoms with Crippen LogP contribution in [0.2, 0.25) is 0 Å². The molecular formula is C29H40N4O4. The fourth-order valence-electron chi connectivity index (χ4n) is 4.65. The first-order chi connectivity index (χ1) is 17.3. The van der Waals surface area contributed by atoms with Gasteiger partial charge in [0.25, 0.3) is 0 Å². The first-order valence-electron chi connectivity index (χ1n) is 12.9. The van der Waals surface area contributed by atoms with E-state index < -0.39 is 5.41 Å².